The maximum Gasteiger partial charge on any atom is 0.573 e. The van der Waals surface area contributed by atoms with Crippen LogP contribution in [0.25, 0.3) is 0 Å². The third-order valence-corrected chi connectivity index (χ3v) is 8.27. The number of halogens is 5. The van der Waals surface area contributed by atoms with Gasteiger partial charge in [-0.3, -0.25) is 0 Å². The zero-order valence-corrected chi connectivity index (χ0v) is 21.0. The van der Waals surface area contributed by atoms with Crippen molar-refractivity contribution in [3.8, 4) is 17.2 Å². The summed E-state index contributed by atoms with van der Waals surface area (Å²) in [5, 5.41) is 0. The number of hydrogen-bond acceptors (Lipinski definition) is 2. The lowest BCUT2D eigenvalue weighted by molar-refractivity contribution is -0.274. The highest BCUT2D eigenvalue weighted by Gasteiger charge is 2.34. The molecule has 2 aliphatic carbocycles. The van der Waals surface area contributed by atoms with E-state index < -0.39 is 18.0 Å². The second-order valence-electron chi connectivity index (χ2n) is 10.3. The highest BCUT2D eigenvalue weighted by molar-refractivity contribution is 5.48. The Hall–Kier alpha value is -2.31. The first kappa shape index (κ1) is 26.7. The van der Waals surface area contributed by atoms with Gasteiger partial charge in [-0.2, -0.15) is 0 Å². The van der Waals surface area contributed by atoms with Gasteiger partial charge in [0.15, 0.2) is 11.6 Å². The largest absolute Gasteiger partial charge is 0.573 e. The van der Waals surface area contributed by atoms with Crippen molar-refractivity contribution in [3.05, 3.63) is 53.1 Å². The van der Waals surface area contributed by atoms with E-state index in [1.807, 2.05) is 0 Å². The smallest absolute Gasteiger partial charge is 0.457 e. The summed E-state index contributed by atoms with van der Waals surface area (Å²) in [4.78, 5) is 0. The van der Waals surface area contributed by atoms with Gasteiger partial charge in [-0.05, 0) is 98.9 Å². The zero-order valence-electron chi connectivity index (χ0n) is 21.0. The van der Waals surface area contributed by atoms with Crippen LogP contribution in [-0.2, 0) is 6.42 Å². The third-order valence-electron chi connectivity index (χ3n) is 8.27. The first-order valence-electron chi connectivity index (χ1n) is 13.2. The molecule has 36 heavy (non-hydrogen) atoms. The van der Waals surface area contributed by atoms with E-state index in [1.54, 1.807) is 6.92 Å². The number of ether oxygens (including phenoxy) is 2. The fraction of sp³-hybridized carbons (Fsp3) is 0.586. The van der Waals surface area contributed by atoms with Crippen molar-refractivity contribution < 1.29 is 31.4 Å². The molecule has 4 rings (SSSR count). The molecule has 2 fully saturated rings. The molecule has 0 aliphatic heterocycles. The number of alkyl halides is 3. The van der Waals surface area contributed by atoms with E-state index in [1.165, 1.54) is 50.3 Å². The van der Waals surface area contributed by atoms with Gasteiger partial charge in [0.2, 0.25) is 0 Å². The minimum atomic E-state index is -4.79. The summed E-state index contributed by atoms with van der Waals surface area (Å²) in [6.45, 7) is 4.01. The van der Waals surface area contributed by atoms with E-state index >= 15 is 0 Å². The molecule has 0 amide bonds. The van der Waals surface area contributed by atoms with Crippen molar-refractivity contribution >= 4 is 0 Å². The summed E-state index contributed by atoms with van der Waals surface area (Å²) in [7, 11) is 0. The molecule has 0 spiro atoms. The molecule has 7 heteroatoms. The monoisotopic (exact) mass is 510 g/mol. The van der Waals surface area contributed by atoms with Crippen molar-refractivity contribution in [1.29, 1.82) is 0 Å². The maximum atomic E-state index is 14.7. The number of rotatable bonds is 7. The first-order chi connectivity index (χ1) is 17.2. The molecule has 0 atom stereocenters. The Morgan fingerprint density at radius 3 is 1.89 bits per heavy atom. The molecule has 2 saturated carbocycles. The van der Waals surface area contributed by atoms with Gasteiger partial charge >= 0.3 is 6.36 Å². The van der Waals surface area contributed by atoms with E-state index in [0.29, 0.717) is 11.5 Å². The van der Waals surface area contributed by atoms with E-state index in [9.17, 15) is 22.0 Å². The lowest BCUT2D eigenvalue weighted by atomic mass is 9.68. The molecule has 0 unspecified atom stereocenters. The van der Waals surface area contributed by atoms with Crippen LogP contribution in [0.3, 0.4) is 0 Å². The molecule has 0 aromatic heterocycles. The minimum Gasteiger partial charge on any atom is -0.457 e. The van der Waals surface area contributed by atoms with E-state index in [2.05, 4.69) is 11.7 Å². The first-order valence-corrected chi connectivity index (χ1v) is 13.2. The van der Waals surface area contributed by atoms with Gasteiger partial charge in [0.05, 0.1) is 0 Å². The summed E-state index contributed by atoms with van der Waals surface area (Å²) in [5.74, 6) is 0.692. The second-order valence-corrected chi connectivity index (χ2v) is 10.3. The molecule has 198 valence electrons. The average molecular weight is 511 g/mol. The Balaban J connectivity index is 1.51. The van der Waals surface area contributed by atoms with Crippen molar-refractivity contribution in [1.82, 2.24) is 0 Å². The van der Waals surface area contributed by atoms with Crippen LogP contribution in [0.15, 0.2) is 30.3 Å². The topological polar surface area (TPSA) is 18.5 Å². The fourth-order valence-corrected chi connectivity index (χ4v) is 6.22. The van der Waals surface area contributed by atoms with Gasteiger partial charge in [0.1, 0.15) is 17.2 Å². The molecule has 0 heterocycles. The zero-order chi connectivity index (χ0) is 25.9. The van der Waals surface area contributed by atoms with E-state index in [4.69, 9.17) is 4.74 Å². The summed E-state index contributed by atoms with van der Waals surface area (Å²) < 4.78 is 76.7. The van der Waals surface area contributed by atoms with Crippen molar-refractivity contribution in [2.75, 3.05) is 0 Å². The Morgan fingerprint density at radius 2 is 1.36 bits per heavy atom. The summed E-state index contributed by atoms with van der Waals surface area (Å²) in [5.41, 5.74) is 0.801. The number of hydrogen-bond donors (Lipinski definition) is 0. The van der Waals surface area contributed by atoms with Gasteiger partial charge in [0.25, 0.3) is 0 Å². The molecule has 0 bridgehead atoms. The third kappa shape index (κ3) is 6.33. The van der Waals surface area contributed by atoms with Gasteiger partial charge in [-0.25, -0.2) is 8.78 Å². The molecule has 0 N–H and O–H groups in total. The quantitative estimate of drug-likeness (QED) is 0.345. The summed E-state index contributed by atoms with van der Waals surface area (Å²) >= 11 is 0. The summed E-state index contributed by atoms with van der Waals surface area (Å²) in [6.07, 6.45) is 5.83. The standard InChI is InChI=1S/C29H35F5O2/c1-3-18-5-7-19(8-6-18)20-9-11-21(12-10-20)25-17-26(30)27(31)24(4-2)28(25)35-22-13-15-23(16-14-22)36-29(32,33)34/h13-21H,3-12H2,1-2H3. The SMILES string of the molecule is CCc1c(F)c(F)cc(C2CCC(C3CCC(CC)CC3)CC2)c1Oc1ccc(OC(F)(F)F)cc1. The van der Waals surface area contributed by atoms with Gasteiger partial charge in [-0.15, -0.1) is 13.2 Å². The van der Waals surface area contributed by atoms with Crippen LogP contribution in [0.2, 0.25) is 0 Å². The van der Waals surface area contributed by atoms with Crippen molar-refractivity contribution in [2.45, 2.75) is 90.3 Å². The van der Waals surface area contributed by atoms with E-state index in [-0.39, 0.29) is 35.2 Å². The minimum absolute atomic E-state index is 0.0523. The fourth-order valence-electron chi connectivity index (χ4n) is 6.22. The Labute approximate surface area is 210 Å². The maximum absolute atomic E-state index is 14.7. The van der Waals surface area contributed by atoms with Crippen LogP contribution in [0.4, 0.5) is 22.0 Å². The van der Waals surface area contributed by atoms with Gasteiger partial charge in [-0.1, -0.05) is 33.1 Å². The summed E-state index contributed by atoms with van der Waals surface area (Å²) in [6, 6.07) is 6.23. The normalized spacial score (nSPS) is 25.0. The van der Waals surface area contributed by atoms with Gasteiger partial charge in [0, 0.05) is 11.1 Å². The Bertz CT molecular complexity index is 1000. The highest BCUT2D eigenvalue weighted by Crippen LogP contribution is 2.47. The van der Waals surface area contributed by atoms with Crippen LogP contribution in [0, 0.1) is 29.4 Å². The van der Waals surface area contributed by atoms with Crippen molar-refractivity contribution in [3.63, 3.8) is 0 Å². The van der Waals surface area contributed by atoms with Crippen LogP contribution < -0.4 is 9.47 Å². The second kappa shape index (κ2) is 11.4. The van der Waals surface area contributed by atoms with Crippen LogP contribution in [-0.4, -0.2) is 6.36 Å². The molecule has 0 saturated heterocycles. The van der Waals surface area contributed by atoms with E-state index in [0.717, 1.165) is 49.7 Å². The molecule has 0 radical (unpaired) electrons. The lowest BCUT2D eigenvalue weighted by Crippen LogP contribution is -2.25. The lowest BCUT2D eigenvalue weighted by Gasteiger charge is -2.38. The molecule has 2 aliphatic rings. The van der Waals surface area contributed by atoms with Crippen LogP contribution in [0.1, 0.15) is 88.7 Å². The van der Waals surface area contributed by atoms with Gasteiger partial charge < -0.3 is 9.47 Å². The predicted molar refractivity (Wildman–Crippen MR) is 129 cm³/mol. The van der Waals surface area contributed by atoms with Crippen LogP contribution in [0.5, 0.6) is 17.2 Å². The average Bonchev–Trinajstić information content (AvgIpc) is 2.87. The predicted octanol–water partition coefficient (Wildman–Crippen LogP) is 9.71. The molecule has 2 nitrogen and oxygen atoms in total. The Kier molecular flexibility index (Phi) is 8.46. The number of benzene rings is 2. The van der Waals surface area contributed by atoms with Crippen LogP contribution >= 0.6 is 0 Å². The molecular formula is C29H35F5O2. The highest BCUT2D eigenvalue weighted by atomic mass is 19.4. The molecular weight excluding hydrogens is 475 g/mol. The van der Waals surface area contributed by atoms with Crippen molar-refractivity contribution in [2.24, 2.45) is 17.8 Å². The molecule has 2 aromatic rings. The molecule has 2 aromatic carbocycles. The Morgan fingerprint density at radius 1 is 0.806 bits per heavy atom.